The van der Waals surface area contributed by atoms with E-state index in [1.54, 1.807) is 79.8 Å². The van der Waals surface area contributed by atoms with Crippen LogP contribution in [-0.2, 0) is 9.53 Å². The Labute approximate surface area is 287 Å². The molecule has 0 aromatic rings. The minimum absolute atomic E-state index is 0.0473. The van der Waals surface area contributed by atoms with Crippen molar-refractivity contribution in [2.24, 2.45) is 0 Å². The van der Waals surface area contributed by atoms with Gasteiger partial charge in [0, 0.05) is 5.57 Å². The molecule has 3 nitrogen and oxygen atoms in total. The molecule has 1 N–H and O–H groups in total. The highest BCUT2D eigenvalue weighted by atomic mass is 16.5. The fourth-order valence-corrected chi connectivity index (χ4v) is 0.262. The lowest BCUT2D eigenvalue weighted by Crippen LogP contribution is -2.08. The molecule has 0 amide bonds. The van der Waals surface area contributed by atoms with Crippen LogP contribution in [0.15, 0.2) is 164 Å². The Morgan fingerprint density at radius 3 is 0.622 bits per heavy atom. The van der Waals surface area contributed by atoms with E-state index >= 15 is 0 Å². The summed E-state index contributed by atoms with van der Waals surface area (Å²) in [6, 6.07) is 0. The second-order valence-corrected chi connectivity index (χ2v) is 6.54. The number of allylic oxidation sites excluding steroid dienone is 12. The van der Waals surface area contributed by atoms with Crippen molar-refractivity contribution in [3.8, 4) is 0 Å². The first-order chi connectivity index (χ1) is 21.2. The van der Waals surface area contributed by atoms with E-state index in [1.807, 2.05) is 83.1 Å². The van der Waals surface area contributed by atoms with Crippen LogP contribution in [0.1, 0.15) is 90.0 Å². The van der Waals surface area contributed by atoms with Gasteiger partial charge in [0.25, 0.3) is 0 Å². The van der Waals surface area contributed by atoms with Gasteiger partial charge in [-0.15, -0.1) is 78.9 Å². The zero-order valence-corrected chi connectivity index (χ0v) is 32.8. The SMILES string of the molecule is C=C(C)C(=O)OCCO.C=CC.C=CC.C=CC.C=CC.C=CC.C=CC.C=CC.C=CC.C=CC.C=CC.C=CC.C=CC. The lowest BCUT2D eigenvalue weighted by Gasteiger charge is -1.99. The summed E-state index contributed by atoms with van der Waals surface area (Å²) in [5.41, 5.74) is 0.350. The number of ether oxygens (including phenoxy) is 1. The summed E-state index contributed by atoms with van der Waals surface area (Å²) in [5, 5.41) is 8.19. The molecule has 0 saturated heterocycles. The molecule has 0 aliphatic rings. The molecule has 45 heavy (non-hydrogen) atoms. The van der Waals surface area contributed by atoms with Crippen molar-refractivity contribution in [1.82, 2.24) is 0 Å². The average Bonchev–Trinajstić information content (AvgIpc) is 2.93. The Balaban J connectivity index is -0.0000000231. The molecule has 0 aromatic heterocycles. The van der Waals surface area contributed by atoms with Gasteiger partial charge in [-0.3, -0.25) is 0 Å². The van der Waals surface area contributed by atoms with Crippen molar-refractivity contribution in [3.05, 3.63) is 164 Å². The summed E-state index contributed by atoms with van der Waals surface area (Å²) in [6.07, 6.45) is 21.0. The zero-order chi connectivity index (χ0) is 39.8. The third-order valence-corrected chi connectivity index (χ3v) is 0.673. The molecule has 0 bridgehead atoms. The van der Waals surface area contributed by atoms with E-state index in [0.29, 0.717) is 5.57 Å². The van der Waals surface area contributed by atoms with Gasteiger partial charge in [0.2, 0.25) is 0 Å². The maximum Gasteiger partial charge on any atom is 0.333 e. The Kier molecular flexibility index (Phi) is 391. The molecule has 0 aliphatic carbocycles. The third kappa shape index (κ3) is 3540. The normalized spacial score (nSPS) is 5.20. The fraction of sp³-hybridized carbons (Fsp3) is 0.357. The molecular formula is C42H82O3. The van der Waals surface area contributed by atoms with Crippen molar-refractivity contribution < 1.29 is 14.6 Å². The summed E-state index contributed by atoms with van der Waals surface area (Å²) in [5.74, 6) is -0.455. The number of hydrogen-bond donors (Lipinski definition) is 1. The van der Waals surface area contributed by atoms with E-state index in [1.165, 1.54) is 0 Å². The minimum atomic E-state index is -0.455. The molecule has 0 radical (unpaired) electrons. The van der Waals surface area contributed by atoms with Crippen LogP contribution in [-0.4, -0.2) is 24.3 Å². The summed E-state index contributed by atoms with van der Waals surface area (Å²) in [7, 11) is 0. The van der Waals surface area contributed by atoms with E-state index in [0.717, 1.165) is 0 Å². The van der Waals surface area contributed by atoms with Crippen molar-refractivity contribution >= 4 is 5.97 Å². The predicted octanol–water partition coefficient (Wildman–Crippen LogP) is 14.4. The van der Waals surface area contributed by atoms with Crippen LogP contribution in [0.3, 0.4) is 0 Å². The van der Waals surface area contributed by atoms with Crippen LogP contribution in [0, 0.1) is 0 Å². The van der Waals surface area contributed by atoms with Crippen LogP contribution < -0.4 is 0 Å². The zero-order valence-electron chi connectivity index (χ0n) is 32.8. The molecule has 0 atom stereocenters. The van der Waals surface area contributed by atoms with Crippen molar-refractivity contribution in [1.29, 1.82) is 0 Å². The Hall–Kier alpha value is -3.95. The van der Waals surface area contributed by atoms with Gasteiger partial charge in [0.1, 0.15) is 6.61 Å². The van der Waals surface area contributed by atoms with Gasteiger partial charge >= 0.3 is 5.97 Å². The molecule has 0 fully saturated rings. The van der Waals surface area contributed by atoms with E-state index in [4.69, 9.17) is 5.11 Å². The summed E-state index contributed by atoms with van der Waals surface area (Å²) >= 11 is 0. The van der Waals surface area contributed by atoms with Crippen LogP contribution in [0.4, 0.5) is 0 Å². The topological polar surface area (TPSA) is 46.5 Å². The first-order valence-electron chi connectivity index (χ1n) is 14.4. The maximum atomic E-state index is 10.5. The summed E-state index contributed by atoms with van der Waals surface area (Å²) in [6.45, 7) is 67.8. The molecule has 0 heterocycles. The first-order valence-corrected chi connectivity index (χ1v) is 14.4. The van der Waals surface area contributed by atoms with Gasteiger partial charge in [-0.25, -0.2) is 4.79 Å². The molecule has 0 rings (SSSR count). The second kappa shape index (κ2) is 210. The van der Waals surface area contributed by atoms with Crippen LogP contribution >= 0.6 is 0 Å². The number of carbonyl (C=O) groups excluding carboxylic acids is 1. The molecule has 0 aliphatic heterocycles. The number of aliphatic hydroxyl groups is 1. The van der Waals surface area contributed by atoms with Gasteiger partial charge < -0.3 is 9.84 Å². The number of rotatable bonds is 3. The van der Waals surface area contributed by atoms with Gasteiger partial charge in [-0.2, -0.15) is 0 Å². The predicted molar refractivity (Wildman–Crippen MR) is 223 cm³/mol. The number of esters is 1. The standard InChI is InChI=1S/C6H10O3.12C3H6/c1-5(2)6(8)9-4-3-7;12*1-3-2/h7H,1,3-4H2,2H3;12*3H,1H2,2H3. The highest BCUT2D eigenvalue weighted by Gasteiger charge is 1.99. The van der Waals surface area contributed by atoms with Gasteiger partial charge in [0.15, 0.2) is 0 Å². The molecule has 0 saturated carbocycles. The highest BCUT2D eigenvalue weighted by molar-refractivity contribution is 5.86. The minimum Gasteiger partial charge on any atom is -0.460 e. The Morgan fingerprint density at radius 2 is 0.556 bits per heavy atom. The number of aliphatic hydroxyl groups excluding tert-OH is 1. The second-order valence-electron chi connectivity index (χ2n) is 6.54. The molecule has 0 aromatic carbocycles. The van der Waals surface area contributed by atoms with Gasteiger partial charge in [0.05, 0.1) is 6.61 Å². The van der Waals surface area contributed by atoms with Gasteiger partial charge in [-0.05, 0) is 90.0 Å². The van der Waals surface area contributed by atoms with E-state index in [2.05, 4.69) is 90.3 Å². The average molecular weight is 635 g/mol. The first kappa shape index (κ1) is 83.7. The van der Waals surface area contributed by atoms with Crippen LogP contribution in [0.25, 0.3) is 0 Å². The quantitative estimate of drug-likeness (QED) is 0.191. The summed E-state index contributed by atoms with van der Waals surface area (Å²) in [4.78, 5) is 10.5. The smallest absolute Gasteiger partial charge is 0.333 e. The molecular weight excluding hydrogens is 552 g/mol. The van der Waals surface area contributed by atoms with Crippen molar-refractivity contribution in [2.45, 2.75) is 90.0 Å². The fourth-order valence-electron chi connectivity index (χ4n) is 0.262. The van der Waals surface area contributed by atoms with Gasteiger partial charge in [-0.1, -0.05) is 79.5 Å². The molecule has 0 unspecified atom stereocenters. The Morgan fingerprint density at radius 1 is 0.444 bits per heavy atom. The monoisotopic (exact) mass is 635 g/mol. The van der Waals surface area contributed by atoms with E-state index in [9.17, 15) is 4.79 Å². The van der Waals surface area contributed by atoms with E-state index in [-0.39, 0.29) is 13.2 Å². The largest absolute Gasteiger partial charge is 0.460 e. The van der Waals surface area contributed by atoms with Crippen molar-refractivity contribution in [2.75, 3.05) is 13.2 Å². The lowest BCUT2D eigenvalue weighted by molar-refractivity contribution is -0.139. The van der Waals surface area contributed by atoms with Crippen LogP contribution in [0.2, 0.25) is 0 Å². The number of hydrogen-bond acceptors (Lipinski definition) is 3. The highest BCUT2D eigenvalue weighted by Crippen LogP contribution is 1.89. The van der Waals surface area contributed by atoms with Crippen molar-refractivity contribution in [3.63, 3.8) is 0 Å². The van der Waals surface area contributed by atoms with E-state index < -0.39 is 5.97 Å². The Bertz CT molecular complexity index is 433. The maximum absolute atomic E-state index is 10.5. The number of carbonyl (C=O) groups is 1. The molecule has 0 spiro atoms. The third-order valence-electron chi connectivity index (χ3n) is 0.673. The molecule has 3 heteroatoms. The van der Waals surface area contributed by atoms with Crippen LogP contribution in [0.5, 0.6) is 0 Å². The molecule has 268 valence electrons. The lowest BCUT2D eigenvalue weighted by atomic mass is 10.4. The summed E-state index contributed by atoms with van der Waals surface area (Å²) < 4.78 is 4.46.